The lowest BCUT2D eigenvalue weighted by Crippen LogP contribution is -2.46. The zero-order chi connectivity index (χ0) is 14.6. The summed E-state index contributed by atoms with van der Waals surface area (Å²) in [5.74, 6) is 0.169. The first-order valence-corrected chi connectivity index (χ1v) is 9.39. The van der Waals surface area contributed by atoms with E-state index >= 15 is 0 Å². The normalized spacial score (nSPS) is 17.8. The average molecular weight is 338 g/mol. The first kappa shape index (κ1) is 16.2. The summed E-state index contributed by atoms with van der Waals surface area (Å²) in [5, 5.41) is 3.26. The fraction of sp³-hybridized carbons (Fsp3) is 0.667. The summed E-state index contributed by atoms with van der Waals surface area (Å²) in [7, 11) is -1.59. The van der Waals surface area contributed by atoms with Crippen molar-refractivity contribution in [3.8, 4) is 0 Å². The predicted molar refractivity (Wildman–Crippen MR) is 83.9 cm³/mol. The van der Waals surface area contributed by atoms with Gasteiger partial charge in [-0.15, -0.1) is 11.3 Å². The van der Waals surface area contributed by atoms with E-state index in [1.807, 2.05) is 6.07 Å². The van der Waals surface area contributed by atoms with E-state index in [1.54, 1.807) is 13.1 Å². The van der Waals surface area contributed by atoms with Gasteiger partial charge < -0.3 is 5.32 Å². The zero-order valence-electron chi connectivity index (χ0n) is 11.5. The molecule has 0 unspecified atom stereocenters. The second kappa shape index (κ2) is 7.20. The molecule has 0 aromatic carbocycles. The van der Waals surface area contributed by atoms with Gasteiger partial charge in [0, 0.05) is 51.2 Å². The second-order valence-corrected chi connectivity index (χ2v) is 8.86. The van der Waals surface area contributed by atoms with E-state index in [-0.39, 0.29) is 5.75 Å². The van der Waals surface area contributed by atoms with Crippen molar-refractivity contribution in [2.24, 2.45) is 0 Å². The third kappa shape index (κ3) is 4.68. The van der Waals surface area contributed by atoms with E-state index < -0.39 is 10.0 Å². The van der Waals surface area contributed by atoms with E-state index in [4.69, 9.17) is 11.6 Å². The Labute approximate surface area is 129 Å². The molecule has 2 rings (SSSR count). The maximum Gasteiger partial charge on any atom is 0.215 e. The van der Waals surface area contributed by atoms with Gasteiger partial charge in [-0.1, -0.05) is 11.6 Å². The maximum absolute atomic E-state index is 12.2. The smallest absolute Gasteiger partial charge is 0.215 e. The van der Waals surface area contributed by atoms with Gasteiger partial charge in [-0.2, -0.15) is 4.31 Å². The lowest BCUT2D eigenvalue weighted by Gasteiger charge is -2.27. The predicted octanol–water partition coefficient (Wildman–Crippen LogP) is 1.07. The summed E-state index contributed by atoms with van der Waals surface area (Å²) < 4.78 is 26.6. The maximum atomic E-state index is 12.2. The number of thiophene rings is 1. The highest BCUT2D eigenvalue weighted by Crippen LogP contribution is 2.23. The molecular weight excluding hydrogens is 318 g/mol. The highest BCUT2D eigenvalue weighted by molar-refractivity contribution is 7.89. The van der Waals surface area contributed by atoms with Gasteiger partial charge in [0.1, 0.15) is 0 Å². The van der Waals surface area contributed by atoms with Gasteiger partial charge in [0.25, 0.3) is 0 Å². The number of halogens is 1. The number of hydrogen-bond donors (Lipinski definition) is 1. The molecule has 1 aliphatic rings. The van der Waals surface area contributed by atoms with Gasteiger partial charge in [-0.25, -0.2) is 8.42 Å². The van der Waals surface area contributed by atoms with Crippen LogP contribution in [0.4, 0.5) is 0 Å². The minimum atomic E-state index is -3.21. The summed E-state index contributed by atoms with van der Waals surface area (Å²) in [5.41, 5.74) is 0. The van der Waals surface area contributed by atoms with Crippen molar-refractivity contribution in [1.29, 1.82) is 0 Å². The molecular formula is C12H20ClN3O2S2. The van der Waals surface area contributed by atoms with Crippen LogP contribution in [0.2, 0.25) is 4.34 Å². The van der Waals surface area contributed by atoms with E-state index in [0.717, 1.165) is 31.1 Å². The van der Waals surface area contributed by atoms with Crippen LogP contribution in [0.25, 0.3) is 0 Å². The van der Waals surface area contributed by atoms with Gasteiger partial charge in [0.2, 0.25) is 10.0 Å². The Morgan fingerprint density at radius 3 is 2.70 bits per heavy atom. The van der Waals surface area contributed by atoms with Crippen LogP contribution in [0.15, 0.2) is 12.1 Å². The minimum absolute atomic E-state index is 0.169. The minimum Gasteiger partial charge on any atom is -0.314 e. The van der Waals surface area contributed by atoms with Crippen LogP contribution < -0.4 is 5.32 Å². The number of nitrogens with zero attached hydrogens (tertiary/aromatic N) is 2. The molecule has 1 fully saturated rings. The molecule has 0 amide bonds. The molecule has 0 spiro atoms. The lowest BCUT2D eigenvalue weighted by molar-refractivity contribution is 0.252. The molecule has 2 heterocycles. The molecule has 1 N–H and O–H groups in total. The van der Waals surface area contributed by atoms with Crippen LogP contribution in [0.3, 0.4) is 0 Å². The fourth-order valence-corrected chi connectivity index (χ4v) is 4.45. The topological polar surface area (TPSA) is 52.7 Å². The van der Waals surface area contributed by atoms with Crippen LogP contribution in [0.5, 0.6) is 0 Å². The largest absolute Gasteiger partial charge is 0.314 e. The van der Waals surface area contributed by atoms with Crippen LogP contribution in [0.1, 0.15) is 4.88 Å². The Morgan fingerprint density at radius 2 is 2.10 bits per heavy atom. The molecule has 1 aromatic heterocycles. The quantitative estimate of drug-likeness (QED) is 0.843. The Kier molecular flexibility index (Phi) is 5.83. The second-order valence-electron chi connectivity index (χ2n) is 4.87. The Hall–Kier alpha value is -0.180. The van der Waals surface area contributed by atoms with Crippen LogP contribution in [-0.2, 0) is 16.6 Å². The fourth-order valence-electron chi connectivity index (χ4n) is 2.09. The molecule has 1 aliphatic heterocycles. The van der Waals surface area contributed by atoms with Gasteiger partial charge in [-0.3, -0.25) is 4.90 Å². The molecule has 20 heavy (non-hydrogen) atoms. The van der Waals surface area contributed by atoms with Crippen LogP contribution >= 0.6 is 22.9 Å². The van der Waals surface area contributed by atoms with E-state index in [0.29, 0.717) is 17.4 Å². The summed E-state index contributed by atoms with van der Waals surface area (Å²) in [6.45, 7) is 4.69. The first-order chi connectivity index (χ1) is 9.47. The highest BCUT2D eigenvalue weighted by Gasteiger charge is 2.20. The number of piperazine rings is 1. The molecule has 8 heteroatoms. The van der Waals surface area contributed by atoms with Crippen LogP contribution in [-0.4, -0.2) is 63.1 Å². The molecule has 0 aliphatic carbocycles. The van der Waals surface area contributed by atoms with Crippen molar-refractivity contribution in [2.75, 3.05) is 45.5 Å². The van der Waals surface area contributed by atoms with E-state index in [9.17, 15) is 8.42 Å². The van der Waals surface area contributed by atoms with Crippen molar-refractivity contribution < 1.29 is 8.42 Å². The van der Waals surface area contributed by atoms with Gasteiger partial charge in [0.15, 0.2) is 0 Å². The summed E-state index contributed by atoms with van der Waals surface area (Å²) in [6, 6.07) is 3.66. The SMILES string of the molecule is CN(Cc1ccc(Cl)s1)S(=O)(=O)CCN1CCNCC1. The standard InChI is InChI=1S/C12H20ClN3O2S2/c1-15(10-11-2-3-12(13)19-11)20(17,18)9-8-16-6-4-14-5-7-16/h2-3,14H,4-10H2,1H3. The zero-order valence-corrected chi connectivity index (χ0v) is 13.9. The lowest BCUT2D eigenvalue weighted by atomic mass is 10.4. The highest BCUT2D eigenvalue weighted by atomic mass is 35.5. The third-order valence-electron chi connectivity index (χ3n) is 3.36. The van der Waals surface area contributed by atoms with Gasteiger partial charge >= 0.3 is 0 Å². The summed E-state index contributed by atoms with van der Waals surface area (Å²) in [6.07, 6.45) is 0. The number of sulfonamides is 1. The Morgan fingerprint density at radius 1 is 1.40 bits per heavy atom. The van der Waals surface area contributed by atoms with Crippen molar-refractivity contribution >= 4 is 33.0 Å². The van der Waals surface area contributed by atoms with Crippen molar-refractivity contribution in [3.05, 3.63) is 21.3 Å². The molecule has 0 bridgehead atoms. The first-order valence-electron chi connectivity index (χ1n) is 6.59. The molecule has 5 nitrogen and oxygen atoms in total. The molecule has 1 saturated heterocycles. The van der Waals surface area contributed by atoms with Crippen LogP contribution in [0, 0.1) is 0 Å². The molecule has 0 saturated carbocycles. The molecule has 1 aromatic rings. The van der Waals surface area contributed by atoms with Crippen molar-refractivity contribution in [1.82, 2.24) is 14.5 Å². The summed E-state index contributed by atoms with van der Waals surface area (Å²) in [4.78, 5) is 3.15. The number of nitrogens with one attached hydrogen (secondary N) is 1. The number of rotatable bonds is 6. The van der Waals surface area contributed by atoms with Gasteiger partial charge in [-0.05, 0) is 12.1 Å². The van der Waals surface area contributed by atoms with Crippen molar-refractivity contribution in [2.45, 2.75) is 6.54 Å². The number of hydrogen-bond acceptors (Lipinski definition) is 5. The molecule has 0 atom stereocenters. The van der Waals surface area contributed by atoms with Crippen molar-refractivity contribution in [3.63, 3.8) is 0 Å². The molecule has 114 valence electrons. The monoisotopic (exact) mass is 337 g/mol. The summed E-state index contributed by atoms with van der Waals surface area (Å²) >= 11 is 7.28. The average Bonchev–Trinajstić information content (AvgIpc) is 2.83. The third-order valence-corrected chi connectivity index (χ3v) is 6.35. The Bertz CT molecular complexity index is 527. The van der Waals surface area contributed by atoms with E-state index in [2.05, 4.69) is 10.2 Å². The molecule has 0 radical (unpaired) electrons. The Balaban J connectivity index is 1.85. The van der Waals surface area contributed by atoms with E-state index in [1.165, 1.54) is 15.6 Å². The van der Waals surface area contributed by atoms with Gasteiger partial charge in [0.05, 0.1) is 10.1 Å².